The first-order valence-corrected chi connectivity index (χ1v) is 17.2. The monoisotopic (exact) mass is 582 g/mol. The maximum Gasteiger partial charge on any atom is 0.256 e. The van der Waals surface area contributed by atoms with Gasteiger partial charge in [-0.3, -0.25) is 9.59 Å². The summed E-state index contributed by atoms with van der Waals surface area (Å²) in [5.74, 6) is 2.71. The summed E-state index contributed by atoms with van der Waals surface area (Å²) >= 11 is 1.85. The Hall–Kier alpha value is -1.84. The van der Waals surface area contributed by atoms with E-state index < -0.39 is 0 Å². The minimum Gasteiger partial charge on any atom is -0.371 e. The number of carbonyl (C=O) groups is 2. The number of nitrogens with zero attached hydrogens (tertiary/aromatic N) is 3. The van der Waals surface area contributed by atoms with Crippen molar-refractivity contribution >= 4 is 23.5 Å². The highest BCUT2D eigenvalue weighted by molar-refractivity contribution is 7.99. The number of fused-ring (bicyclic) bond motifs is 3. The number of amides is 1. The highest BCUT2D eigenvalue weighted by atomic mass is 32.2. The number of carbonyl (C=O) groups excluding carboxylic acids is 2. The number of rotatable bonds is 7. The largest absolute Gasteiger partial charge is 0.371 e. The summed E-state index contributed by atoms with van der Waals surface area (Å²) in [5, 5.41) is 7.61. The first-order valence-electron chi connectivity index (χ1n) is 16.2. The zero-order valence-electron chi connectivity index (χ0n) is 24.6. The highest BCUT2D eigenvalue weighted by Gasteiger charge is 2.56. The molecule has 41 heavy (non-hydrogen) atoms. The summed E-state index contributed by atoms with van der Waals surface area (Å²) < 4.78 is 12.2. The number of aryl methyl sites for hydroxylation is 1. The topological polar surface area (TPSA) is 87.9 Å². The van der Waals surface area contributed by atoms with E-state index in [1.807, 2.05) is 31.0 Å². The number of Topliss-reactive ketones (excluding diaryl/α,β-unsaturated/α-hetero) is 1. The third-order valence-electron chi connectivity index (χ3n) is 11.2. The van der Waals surface area contributed by atoms with Crippen molar-refractivity contribution in [2.45, 2.75) is 119 Å². The number of ketones is 1. The fourth-order valence-corrected chi connectivity index (χ4v) is 10.3. The van der Waals surface area contributed by atoms with Gasteiger partial charge in [-0.2, -0.15) is 11.8 Å². The van der Waals surface area contributed by atoms with Gasteiger partial charge in [-0.05, 0) is 77.3 Å². The molecule has 3 aliphatic carbocycles. The number of hydrogen-bond donors (Lipinski definition) is 1. The van der Waals surface area contributed by atoms with Crippen LogP contribution in [-0.4, -0.2) is 82.4 Å². The van der Waals surface area contributed by atoms with Crippen molar-refractivity contribution < 1.29 is 18.8 Å². The van der Waals surface area contributed by atoms with Gasteiger partial charge in [0.2, 0.25) is 0 Å². The molecule has 8 nitrogen and oxygen atoms in total. The number of likely N-dealkylation sites (tertiary alicyclic amines) is 1. The van der Waals surface area contributed by atoms with Crippen LogP contribution < -0.4 is 5.32 Å². The Bertz CT molecular complexity index is 1170. The molecule has 1 amide bonds. The van der Waals surface area contributed by atoms with Crippen molar-refractivity contribution in [1.82, 2.24) is 20.3 Å². The second-order valence-corrected chi connectivity index (χ2v) is 15.0. The van der Waals surface area contributed by atoms with E-state index in [-0.39, 0.29) is 47.1 Å². The van der Waals surface area contributed by atoms with E-state index in [0.29, 0.717) is 18.2 Å². The number of morpholine rings is 1. The highest BCUT2D eigenvalue weighted by Crippen LogP contribution is 2.51. The number of nitrogens with one attached hydrogen (secondary N) is 1. The summed E-state index contributed by atoms with van der Waals surface area (Å²) in [6.07, 6.45) is 14.8. The Labute approximate surface area is 248 Å². The maximum absolute atomic E-state index is 14.1. The van der Waals surface area contributed by atoms with Crippen molar-refractivity contribution in [2.24, 2.45) is 17.8 Å². The standard InChI is InChI=1S/C32H46N4O4S/c1-19-12-22(34-40-19)18-41-24-15-25-30-29(16-24)39-28-14-21-7-4-3-6-20(21)13-27(28)36(30)17-26(31(25)37)32(38)33-10-9-23-8-5-11-35(23)2/h12,17,20-21,23-25,27-30H,3-11,13-16,18H2,1-2H3,(H,33,38). The molecule has 0 bridgehead atoms. The third-order valence-corrected chi connectivity index (χ3v) is 12.5. The van der Waals surface area contributed by atoms with Gasteiger partial charge in [-0.25, -0.2) is 0 Å². The van der Waals surface area contributed by atoms with Crippen LogP contribution in [0.3, 0.4) is 0 Å². The molecule has 1 aromatic heterocycles. The molecule has 3 saturated carbocycles. The van der Waals surface area contributed by atoms with E-state index in [2.05, 4.69) is 27.3 Å². The van der Waals surface area contributed by atoms with Crippen molar-refractivity contribution in [3.63, 3.8) is 0 Å². The van der Waals surface area contributed by atoms with Gasteiger partial charge in [0.1, 0.15) is 5.76 Å². The van der Waals surface area contributed by atoms with Gasteiger partial charge in [0, 0.05) is 41.8 Å². The zero-order valence-corrected chi connectivity index (χ0v) is 25.4. The van der Waals surface area contributed by atoms with E-state index in [0.717, 1.165) is 67.7 Å². The lowest BCUT2D eigenvalue weighted by atomic mass is 9.65. The summed E-state index contributed by atoms with van der Waals surface area (Å²) in [6, 6.07) is 2.82. The third kappa shape index (κ3) is 5.51. The lowest BCUT2D eigenvalue weighted by molar-refractivity contribution is -0.192. The molecular weight excluding hydrogens is 536 g/mol. The minimum atomic E-state index is -0.206. The molecule has 0 radical (unpaired) electrons. The van der Waals surface area contributed by atoms with Crippen LogP contribution in [0.15, 0.2) is 22.4 Å². The lowest BCUT2D eigenvalue weighted by Crippen LogP contribution is -2.68. The number of hydrogen-bond acceptors (Lipinski definition) is 8. The van der Waals surface area contributed by atoms with Gasteiger partial charge in [-0.15, -0.1) is 0 Å². The van der Waals surface area contributed by atoms with Gasteiger partial charge in [0.05, 0.1) is 35.6 Å². The number of aromatic nitrogens is 1. The average molecular weight is 583 g/mol. The van der Waals surface area contributed by atoms with Crippen LogP contribution in [0.2, 0.25) is 0 Å². The molecule has 4 heterocycles. The molecular formula is C32H46N4O4S. The normalized spacial score (nSPS) is 38.6. The summed E-state index contributed by atoms with van der Waals surface area (Å²) in [4.78, 5) is 32.5. The molecule has 9 heteroatoms. The molecule has 1 aromatic rings. The van der Waals surface area contributed by atoms with Crippen LogP contribution in [0.5, 0.6) is 0 Å². The van der Waals surface area contributed by atoms with Crippen molar-refractivity contribution in [2.75, 3.05) is 20.1 Å². The lowest BCUT2D eigenvalue weighted by Gasteiger charge is -2.59. The van der Waals surface area contributed by atoms with E-state index in [1.54, 1.807) is 0 Å². The van der Waals surface area contributed by atoms with Gasteiger partial charge in [0.25, 0.3) is 5.91 Å². The van der Waals surface area contributed by atoms with Crippen molar-refractivity contribution in [3.05, 3.63) is 29.3 Å². The summed E-state index contributed by atoms with van der Waals surface area (Å²) in [7, 11) is 2.17. The first kappa shape index (κ1) is 28.0. The van der Waals surface area contributed by atoms with Crippen LogP contribution in [0.25, 0.3) is 0 Å². The summed E-state index contributed by atoms with van der Waals surface area (Å²) in [6.45, 7) is 3.66. The van der Waals surface area contributed by atoms with E-state index >= 15 is 0 Å². The summed E-state index contributed by atoms with van der Waals surface area (Å²) in [5.41, 5.74) is 1.31. The van der Waals surface area contributed by atoms with Crippen molar-refractivity contribution in [3.8, 4) is 0 Å². The first-order chi connectivity index (χ1) is 19.9. The quantitative estimate of drug-likeness (QED) is 0.472. The predicted octanol–water partition coefficient (Wildman–Crippen LogP) is 4.47. The minimum absolute atomic E-state index is 0.0164. The smallest absolute Gasteiger partial charge is 0.256 e. The molecule has 0 spiro atoms. The Kier molecular flexibility index (Phi) is 7.97. The van der Waals surface area contributed by atoms with Gasteiger partial charge in [-0.1, -0.05) is 30.8 Å². The maximum atomic E-state index is 14.1. The second-order valence-electron chi connectivity index (χ2n) is 13.7. The predicted molar refractivity (Wildman–Crippen MR) is 158 cm³/mol. The molecule has 224 valence electrons. The molecule has 6 aliphatic rings. The SMILES string of the molecule is Cc1cc(CSC2CC3OC4CC5CCCCC5CC4N4C=C(C(=O)NCCC5CCCN5C)C(=O)C(C2)C34)no1. The molecule has 7 rings (SSSR count). The van der Waals surface area contributed by atoms with Crippen LogP contribution >= 0.6 is 11.8 Å². The molecule has 3 aliphatic heterocycles. The molecule has 9 unspecified atom stereocenters. The number of thioether (sulfide) groups is 1. The molecule has 5 fully saturated rings. The fraction of sp³-hybridized carbons (Fsp3) is 0.781. The number of ether oxygens (including phenoxy) is 1. The molecule has 0 aromatic carbocycles. The van der Waals surface area contributed by atoms with E-state index in [1.165, 1.54) is 38.5 Å². The molecule has 2 saturated heterocycles. The zero-order chi connectivity index (χ0) is 28.1. The van der Waals surface area contributed by atoms with E-state index in [9.17, 15) is 9.59 Å². The van der Waals surface area contributed by atoms with E-state index in [4.69, 9.17) is 9.26 Å². The average Bonchev–Trinajstić information content (AvgIpc) is 3.59. The Morgan fingerprint density at radius 3 is 2.68 bits per heavy atom. The Morgan fingerprint density at radius 2 is 1.93 bits per heavy atom. The van der Waals surface area contributed by atoms with Crippen LogP contribution in [-0.2, 0) is 20.1 Å². The van der Waals surface area contributed by atoms with Crippen LogP contribution in [0.4, 0.5) is 0 Å². The fourth-order valence-electron chi connectivity index (χ4n) is 9.08. The van der Waals surface area contributed by atoms with Crippen LogP contribution in [0, 0.1) is 24.7 Å². The van der Waals surface area contributed by atoms with Gasteiger partial charge in [0.15, 0.2) is 5.78 Å². The Balaban J connectivity index is 1.11. The van der Waals surface area contributed by atoms with Crippen LogP contribution in [0.1, 0.15) is 82.1 Å². The van der Waals surface area contributed by atoms with Gasteiger partial charge < -0.3 is 24.4 Å². The second kappa shape index (κ2) is 11.7. The van der Waals surface area contributed by atoms with Crippen molar-refractivity contribution in [1.29, 1.82) is 0 Å². The van der Waals surface area contributed by atoms with Gasteiger partial charge >= 0.3 is 0 Å². The molecule has 1 N–H and O–H groups in total. The molecule has 9 atom stereocenters. The Morgan fingerprint density at radius 1 is 1.10 bits per heavy atom.